The second-order valence-electron chi connectivity index (χ2n) is 4.75. The molecule has 1 N–H and O–H groups in total. The Bertz CT molecular complexity index is 515. The van der Waals surface area contributed by atoms with Gasteiger partial charge in [-0.2, -0.15) is 0 Å². The van der Waals surface area contributed by atoms with Gasteiger partial charge in [-0.1, -0.05) is 46.3 Å². The molecule has 0 saturated carbocycles. The van der Waals surface area contributed by atoms with Crippen LogP contribution in [0, 0.1) is 0 Å². The van der Waals surface area contributed by atoms with Crippen molar-refractivity contribution >= 4 is 15.9 Å². The van der Waals surface area contributed by atoms with Crippen LogP contribution >= 0.6 is 15.9 Å². The van der Waals surface area contributed by atoms with E-state index in [0.29, 0.717) is 6.04 Å². The summed E-state index contributed by atoms with van der Waals surface area (Å²) in [5.41, 5.74) is 1.29. The summed E-state index contributed by atoms with van der Waals surface area (Å²) in [6.07, 6.45) is 0.993. The van der Waals surface area contributed by atoms with Crippen LogP contribution in [-0.4, -0.2) is 13.2 Å². The zero-order chi connectivity index (χ0) is 14.2. The van der Waals surface area contributed by atoms with Crippen molar-refractivity contribution in [2.45, 2.75) is 19.4 Å². The summed E-state index contributed by atoms with van der Waals surface area (Å²) in [5.74, 6) is 0.938. The molecule has 2 nitrogen and oxygen atoms in total. The first-order chi connectivity index (χ1) is 9.75. The fraction of sp³-hybridized carbons (Fsp3) is 0.294. The van der Waals surface area contributed by atoms with Crippen LogP contribution in [0.2, 0.25) is 0 Å². The van der Waals surface area contributed by atoms with E-state index in [1.807, 2.05) is 36.4 Å². The molecule has 0 amide bonds. The van der Waals surface area contributed by atoms with Crippen LogP contribution < -0.4 is 10.1 Å². The van der Waals surface area contributed by atoms with Gasteiger partial charge < -0.3 is 10.1 Å². The first kappa shape index (κ1) is 15.1. The monoisotopic (exact) mass is 333 g/mol. The number of hydrogen-bond donors (Lipinski definition) is 1. The Labute approximate surface area is 129 Å². The Morgan fingerprint density at radius 2 is 1.90 bits per heavy atom. The number of ether oxygens (including phenoxy) is 1. The predicted octanol–water partition coefficient (Wildman–Crippen LogP) is 4.57. The molecule has 0 bridgehead atoms. The van der Waals surface area contributed by atoms with E-state index in [9.17, 15) is 0 Å². The third-order valence-corrected chi connectivity index (χ3v) is 3.63. The molecule has 1 atom stereocenters. The van der Waals surface area contributed by atoms with Crippen molar-refractivity contribution in [3.8, 4) is 5.75 Å². The highest BCUT2D eigenvalue weighted by atomic mass is 79.9. The smallest absolute Gasteiger partial charge is 0.119 e. The predicted molar refractivity (Wildman–Crippen MR) is 87.1 cm³/mol. The van der Waals surface area contributed by atoms with Gasteiger partial charge in [0, 0.05) is 10.5 Å². The molecule has 0 fully saturated rings. The van der Waals surface area contributed by atoms with Crippen LogP contribution in [0.25, 0.3) is 0 Å². The van der Waals surface area contributed by atoms with Gasteiger partial charge in [-0.15, -0.1) is 0 Å². The van der Waals surface area contributed by atoms with Gasteiger partial charge in [0.1, 0.15) is 5.75 Å². The number of nitrogens with one attached hydrogen (secondary N) is 1. The van der Waals surface area contributed by atoms with Gasteiger partial charge in [0.2, 0.25) is 0 Å². The molecule has 0 aliphatic rings. The Kier molecular flexibility index (Phi) is 6.09. The standard InChI is InChI=1S/C17H20BrNO/c1-14(15-7-5-8-16(18)13-15)19-11-6-12-20-17-9-3-2-4-10-17/h2-5,7-10,13-14,19H,6,11-12H2,1H3/t14-/m1/s1. The van der Waals surface area contributed by atoms with E-state index in [4.69, 9.17) is 4.74 Å². The second-order valence-corrected chi connectivity index (χ2v) is 5.66. The van der Waals surface area contributed by atoms with Gasteiger partial charge >= 0.3 is 0 Å². The lowest BCUT2D eigenvalue weighted by Crippen LogP contribution is -2.21. The number of rotatable bonds is 7. The van der Waals surface area contributed by atoms with E-state index in [-0.39, 0.29) is 0 Å². The number of para-hydroxylation sites is 1. The molecule has 0 saturated heterocycles. The van der Waals surface area contributed by atoms with Crippen molar-refractivity contribution in [3.63, 3.8) is 0 Å². The van der Waals surface area contributed by atoms with Crippen LogP contribution in [0.1, 0.15) is 24.9 Å². The number of benzene rings is 2. The van der Waals surface area contributed by atoms with Gasteiger partial charge in [0.05, 0.1) is 6.61 Å². The second kappa shape index (κ2) is 8.08. The highest BCUT2D eigenvalue weighted by molar-refractivity contribution is 9.10. The van der Waals surface area contributed by atoms with Crippen molar-refractivity contribution in [2.75, 3.05) is 13.2 Å². The minimum atomic E-state index is 0.351. The summed E-state index contributed by atoms with van der Waals surface area (Å²) in [5, 5.41) is 3.51. The summed E-state index contributed by atoms with van der Waals surface area (Å²) in [6, 6.07) is 18.7. The van der Waals surface area contributed by atoms with Gasteiger partial charge in [0.25, 0.3) is 0 Å². The zero-order valence-electron chi connectivity index (χ0n) is 11.7. The van der Waals surface area contributed by atoms with Crippen molar-refractivity contribution < 1.29 is 4.74 Å². The summed E-state index contributed by atoms with van der Waals surface area (Å²) in [4.78, 5) is 0. The summed E-state index contributed by atoms with van der Waals surface area (Å²) in [6.45, 7) is 3.86. The molecule has 0 aromatic heterocycles. The Morgan fingerprint density at radius 1 is 1.10 bits per heavy atom. The first-order valence-corrected chi connectivity index (χ1v) is 7.72. The maximum atomic E-state index is 5.67. The number of halogens is 1. The average Bonchev–Trinajstić information content (AvgIpc) is 2.48. The minimum Gasteiger partial charge on any atom is -0.494 e. The highest BCUT2D eigenvalue weighted by Gasteiger charge is 2.04. The molecular formula is C17H20BrNO. The molecule has 0 spiro atoms. The lowest BCUT2D eigenvalue weighted by Gasteiger charge is -2.14. The third-order valence-electron chi connectivity index (χ3n) is 3.13. The molecule has 20 heavy (non-hydrogen) atoms. The van der Waals surface area contributed by atoms with E-state index in [1.54, 1.807) is 0 Å². The highest BCUT2D eigenvalue weighted by Crippen LogP contribution is 2.17. The van der Waals surface area contributed by atoms with Crippen molar-refractivity contribution in [2.24, 2.45) is 0 Å². The molecule has 2 aromatic rings. The van der Waals surface area contributed by atoms with E-state index in [1.165, 1.54) is 5.56 Å². The van der Waals surface area contributed by atoms with Crippen LogP contribution in [0.5, 0.6) is 5.75 Å². The normalized spacial score (nSPS) is 12.1. The van der Waals surface area contributed by atoms with Crippen LogP contribution in [0.4, 0.5) is 0 Å². The van der Waals surface area contributed by atoms with E-state index in [0.717, 1.165) is 29.8 Å². The Hall–Kier alpha value is -1.32. The lowest BCUT2D eigenvalue weighted by molar-refractivity contribution is 0.305. The molecule has 2 aromatic carbocycles. The number of hydrogen-bond acceptors (Lipinski definition) is 2. The first-order valence-electron chi connectivity index (χ1n) is 6.92. The van der Waals surface area contributed by atoms with Gasteiger partial charge in [0.15, 0.2) is 0 Å². The van der Waals surface area contributed by atoms with Gasteiger partial charge in [-0.25, -0.2) is 0 Å². The van der Waals surface area contributed by atoms with E-state index in [2.05, 4.69) is 46.4 Å². The largest absolute Gasteiger partial charge is 0.494 e. The van der Waals surface area contributed by atoms with Crippen LogP contribution in [-0.2, 0) is 0 Å². The van der Waals surface area contributed by atoms with E-state index < -0.39 is 0 Å². The van der Waals surface area contributed by atoms with Crippen molar-refractivity contribution in [1.29, 1.82) is 0 Å². The quantitative estimate of drug-likeness (QED) is 0.749. The molecule has 106 valence electrons. The maximum Gasteiger partial charge on any atom is 0.119 e. The maximum absolute atomic E-state index is 5.67. The minimum absolute atomic E-state index is 0.351. The molecule has 2 rings (SSSR count). The molecule has 0 radical (unpaired) electrons. The fourth-order valence-electron chi connectivity index (χ4n) is 1.99. The van der Waals surface area contributed by atoms with Gasteiger partial charge in [-0.05, 0) is 49.7 Å². The average molecular weight is 334 g/mol. The molecule has 0 unspecified atom stereocenters. The molecule has 0 heterocycles. The molecule has 0 aliphatic carbocycles. The van der Waals surface area contributed by atoms with Crippen molar-refractivity contribution in [1.82, 2.24) is 5.32 Å². The van der Waals surface area contributed by atoms with Crippen LogP contribution in [0.15, 0.2) is 59.1 Å². The summed E-state index contributed by atoms with van der Waals surface area (Å²) in [7, 11) is 0. The molecule has 3 heteroatoms. The zero-order valence-corrected chi connectivity index (χ0v) is 13.3. The molecular weight excluding hydrogens is 314 g/mol. The lowest BCUT2D eigenvalue weighted by atomic mass is 10.1. The summed E-state index contributed by atoms with van der Waals surface area (Å²) >= 11 is 3.50. The fourth-order valence-corrected chi connectivity index (χ4v) is 2.41. The SMILES string of the molecule is C[C@@H](NCCCOc1ccccc1)c1cccc(Br)c1. The molecule has 0 aliphatic heterocycles. The Morgan fingerprint density at radius 3 is 2.65 bits per heavy atom. The summed E-state index contributed by atoms with van der Waals surface area (Å²) < 4.78 is 6.79. The van der Waals surface area contributed by atoms with E-state index >= 15 is 0 Å². The van der Waals surface area contributed by atoms with Crippen molar-refractivity contribution in [3.05, 3.63) is 64.6 Å². The third kappa shape index (κ3) is 4.99. The Balaban J connectivity index is 1.66. The van der Waals surface area contributed by atoms with Gasteiger partial charge in [-0.3, -0.25) is 0 Å². The van der Waals surface area contributed by atoms with Crippen LogP contribution in [0.3, 0.4) is 0 Å². The topological polar surface area (TPSA) is 21.3 Å².